The van der Waals surface area contributed by atoms with Gasteiger partial charge >= 0.3 is 0 Å². The van der Waals surface area contributed by atoms with Crippen LogP contribution in [0.4, 0.5) is 0 Å². The van der Waals surface area contributed by atoms with Gasteiger partial charge in [-0.1, -0.05) is 6.92 Å². The molecule has 2 rings (SSSR count). The highest BCUT2D eigenvalue weighted by molar-refractivity contribution is 5.83. The summed E-state index contributed by atoms with van der Waals surface area (Å²) in [6.07, 6.45) is 1.71. The molecule has 2 aliphatic heterocycles. The van der Waals surface area contributed by atoms with Gasteiger partial charge in [-0.25, -0.2) is 0 Å². The lowest BCUT2D eigenvalue weighted by Gasteiger charge is -2.27. The molecule has 0 radical (unpaired) electrons. The van der Waals surface area contributed by atoms with E-state index in [2.05, 4.69) is 6.92 Å². The van der Waals surface area contributed by atoms with Gasteiger partial charge in [0.15, 0.2) is 0 Å². The van der Waals surface area contributed by atoms with Crippen molar-refractivity contribution in [1.29, 1.82) is 0 Å². The fraction of sp³-hybridized carbons (Fsp3) is 0.875. The first-order valence-electron chi connectivity index (χ1n) is 4.25. The average molecular weight is 155 g/mol. The number of hydrogen-bond acceptors (Lipinski definition) is 3. The van der Waals surface area contributed by atoms with Gasteiger partial charge in [-0.3, -0.25) is 9.63 Å². The van der Waals surface area contributed by atoms with E-state index in [0.29, 0.717) is 24.9 Å². The Morgan fingerprint density at radius 1 is 1.73 bits per heavy atom. The number of fused-ring (bicyclic) bond motifs is 2. The molecule has 2 bridgehead atoms. The lowest BCUT2D eigenvalue weighted by atomic mass is 9.90. The first kappa shape index (κ1) is 7.25. The lowest BCUT2D eigenvalue weighted by Crippen LogP contribution is -2.41. The van der Waals surface area contributed by atoms with E-state index >= 15 is 0 Å². The molecule has 0 saturated carbocycles. The Labute approximate surface area is 66.3 Å². The zero-order valence-electron chi connectivity index (χ0n) is 6.75. The quantitative estimate of drug-likeness (QED) is 0.555. The van der Waals surface area contributed by atoms with Crippen molar-refractivity contribution in [2.24, 2.45) is 5.92 Å². The average Bonchev–Trinajstić information content (AvgIpc) is 2.34. The van der Waals surface area contributed by atoms with Gasteiger partial charge in [-0.15, -0.1) is 0 Å². The molecule has 3 nitrogen and oxygen atoms in total. The van der Waals surface area contributed by atoms with Gasteiger partial charge in [0.05, 0.1) is 12.5 Å². The first-order chi connectivity index (χ1) is 5.33. The third-order valence-corrected chi connectivity index (χ3v) is 2.66. The predicted octanol–water partition coefficient (Wildman–Crippen LogP) is 0.601. The zero-order chi connectivity index (χ0) is 7.84. The third kappa shape index (κ3) is 0.993. The van der Waals surface area contributed by atoms with E-state index in [1.165, 1.54) is 0 Å². The monoisotopic (exact) mass is 155 g/mol. The van der Waals surface area contributed by atoms with Gasteiger partial charge in [-0.2, -0.15) is 5.06 Å². The van der Waals surface area contributed by atoms with Crippen molar-refractivity contribution >= 4 is 5.78 Å². The number of Topliss-reactive ketones (excluding diaryl/α,β-unsaturated/α-hetero) is 1. The topological polar surface area (TPSA) is 29.5 Å². The van der Waals surface area contributed by atoms with Crippen molar-refractivity contribution in [3.63, 3.8) is 0 Å². The maximum absolute atomic E-state index is 11.3. The first-order valence-corrected chi connectivity index (χ1v) is 4.25. The fourth-order valence-corrected chi connectivity index (χ4v) is 2.02. The van der Waals surface area contributed by atoms with Crippen LogP contribution in [0.1, 0.15) is 19.8 Å². The highest BCUT2D eigenvalue weighted by Crippen LogP contribution is 2.29. The molecule has 0 spiro atoms. The molecular formula is C8H13NO2. The number of hydroxylamine groups is 2. The number of rotatable bonds is 1. The zero-order valence-corrected chi connectivity index (χ0v) is 6.75. The Morgan fingerprint density at radius 3 is 3.18 bits per heavy atom. The summed E-state index contributed by atoms with van der Waals surface area (Å²) in [5, 5.41) is 1.98. The molecule has 2 saturated heterocycles. The molecule has 0 aliphatic carbocycles. The molecule has 2 heterocycles. The molecule has 0 N–H and O–H groups in total. The molecule has 0 aromatic carbocycles. The van der Waals surface area contributed by atoms with Crippen LogP contribution in [0.25, 0.3) is 0 Å². The van der Waals surface area contributed by atoms with Gasteiger partial charge in [0.1, 0.15) is 5.78 Å². The van der Waals surface area contributed by atoms with E-state index in [1.807, 2.05) is 5.06 Å². The van der Waals surface area contributed by atoms with Gasteiger partial charge in [0.2, 0.25) is 0 Å². The minimum absolute atomic E-state index is 0.175. The van der Waals surface area contributed by atoms with Crippen LogP contribution in [0.2, 0.25) is 0 Å². The number of carbonyl (C=O) groups excluding carboxylic acids is 1. The van der Waals surface area contributed by atoms with Crippen LogP contribution >= 0.6 is 0 Å². The minimum Gasteiger partial charge on any atom is -0.299 e. The van der Waals surface area contributed by atoms with Gasteiger partial charge < -0.3 is 0 Å². The predicted molar refractivity (Wildman–Crippen MR) is 39.9 cm³/mol. The van der Waals surface area contributed by atoms with E-state index in [0.717, 1.165) is 13.0 Å². The van der Waals surface area contributed by atoms with E-state index in [9.17, 15) is 4.79 Å². The molecule has 3 atom stereocenters. The van der Waals surface area contributed by atoms with Crippen molar-refractivity contribution in [1.82, 2.24) is 5.06 Å². The Hall–Kier alpha value is -0.410. The molecular weight excluding hydrogens is 142 g/mol. The molecule has 0 aromatic rings. The summed E-state index contributed by atoms with van der Waals surface area (Å²) in [5.41, 5.74) is 0. The van der Waals surface area contributed by atoms with Crippen molar-refractivity contribution in [3.05, 3.63) is 0 Å². The largest absolute Gasteiger partial charge is 0.299 e. The van der Waals surface area contributed by atoms with E-state index in [4.69, 9.17) is 4.84 Å². The number of piperidine rings is 1. The number of ketones is 1. The molecule has 62 valence electrons. The second-order valence-corrected chi connectivity index (χ2v) is 3.23. The van der Waals surface area contributed by atoms with Crippen LogP contribution in [0, 0.1) is 5.92 Å². The summed E-state index contributed by atoms with van der Waals surface area (Å²) in [6.45, 7) is 3.53. The standard InChI is InChI=1S/C8H13NO2/c1-2-7-6-5-11-9(7)4-3-8(6)10/h6-7H,2-5H2,1H3/t6-,7+/m0/s1. The molecule has 2 fully saturated rings. The Morgan fingerprint density at radius 2 is 2.55 bits per heavy atom. The highest BCUT2D eigenvalue weighted by Gasteiger charge is 2.42. The SMILES string of the molecule is CC[C@@H]1[C@@H]2CON1CCC2=O. The van der Waals surface area contributed by atoms with Crippen molar-refractivity contribution < 1.29 is 9.63 Å². The maximum Gasteiger partial charge on any atom is 0.141 e. The van der Waals surface area contributed by atoms with Crippen LogP contribution < -0.4 is 0 Å². The summed E-state index contributed by atoms with van der Waals surface area (Å²) < 4.78 is 0. The second-order valence-electron chi connectivity index (χ2n) is 3.23. The molecule has 2 aliphatic rings. The van der Waals surface area contributed by atoms with Crippen LogP contribution in [0.5, 0.6) is 0 Å². The van der Waals surface area contributed by atoms with Crippen molar-refractivity contribution in [3.8, 4) is 0 Å². The van der Waals surface area contributed by atoms with Crippen LogP contribution in [-0.4, -0.2) is 30.0 Å². The van der Waals surface area contributed by atoms with Gasteiger partial charge in [0, 0.05) is 19.0 Å². The van der Waals surface area contributed by atoms with Crippen molar-refractivity contribution in [2.75, 3.05) is 13.2 Å². The molecule has 11 heavy (non-hydrogen) atoms. The number of nitrogens with zero attached hydrogens (tertiary/aromatic N) is 1. The number of hydrogen-bond donors (Lipinski definition) is 0. The summed E-state index contributed by atoms with van der Waals surface area (Å²) in [4.78, 5) is 16.7. The van der Waals surface area contributed by atoms with E-state index < -0.39 is 0 Å². The second kappa shape index (κ2) is 2.57. The molecule has 1 unspecified atom stereocenters. The Kier molecular flexibility index (Phi) is 1.69. The van der Waals surface area contributed by atoms with E-state index in [1.54, 1.807) is 0 Å². The molecule has 3 heteroatoms. The molecule has 0 aromatic heterocycles. The Balaban J connectivity index is 2.16. The van der Waals surface area contributed by atoms with Crippen LogP contribution in [0.15, 0.2) is 0 Å². The summed E-state index contributed by atoms with van der Waals surface area (Å²) in [5.74, 6) is 0.569. The minimum atomic E-state index is 0.175. The van der Waals surface area contributed by atoms with Gasteiger partial charge in [-0.05, 0) is 6.42 Å². The maximum atomic E-state index is 11.3. The lowest BCUT2D eigenvalue weighted by molar-refractivity contribution is -0.143. The summed E-state index contributed by atoms with van der Waals surface area (Å²) >= 11 is 0. The Bertz CT molecular complexity index is 181. The normalized spacial score (nSPS) is 43.0. The summed E-state index contributed by atoms with van der Waals surface area (Å²) in [6, 6.07) is 0.372. The smallest absolute Gasteiger partial charge is 0.141 e. The fourth-order valence-electron chi connectivity index (χ4n) is 2.02. The third-order valence-electron chi connectivity index (χ3n) is 2.66. The molecule has 0 amide bonds. The number of carbonyl (C=O) groups is 1. The van der Waals surface area contributed by atoms with Crippen LogP contribution in [0.3, 0.4) is 0 Å². The van der Waals surface area contributed by atoms with Gasteiger partial charge in [0.25, 0.3) is 0 Å². The van der Waals surface area contributed by atoms with E-state index in [-0.39, 0.29) is 5.92 Å². The van der Waals surface area contributed by atoms with Crippen LogP contribution in [-0.2, 0) is 9.63 Å². The highest BCUT2D eigenvalue weighted by atomic mass is 16.7. The van der Waals surface area contributed by atoms with Crippen molar-refractivity contribution in [2.45, 2.75) is 25.8 Å². The summed E-state index contributed by atoms with van der Waals surface area (Å²) in [7, 11) is 0.